The molecular weight excluding hydrogens is 360 g/mol. The van der Waals surface area contributed by atoms with E-state index in [2.05, 4.69) is 10.6 Å². The van der Waals surface area contributed by atoms with Crippen molar-refractivity contribution in [2.24, 2.45) is 23.3 Å². The number of ketones is 1. The molecule has 166 valence electrons. The zero-order valence-corrected chi connectivity index (χ0v) is 18.1. The Labute approximate surface area is 170 Å². The van der Waals surface area contributed by atoms with Gasteiger partial charge in [-0.15, -0.1) is 0 Å². The third-order valence-electron chi connectivity index (χ3n) is 4.48. The summed E-state index contributed by atoms with van der Waals surface area (Å²) in [7, 11) is 0. The van der Waals surface area contributed by atoms with Crippen LogP contribution < -0.4 is 22.1 Å². The van der Waals surface area contributed by atoms with Gasteiger partial charge >= 0.3 is 0 Å². The van der Waals surface area contributed by atoms with Crippen molar-refractivity contribution in [2.75, 3.05) is 26.2 Å². The SMILES string of the molecule is CC.CC(=O)C(CN)NC(=O)CNC(=O)C(CN)CC1CCCCC1.CCO. The van der Waals surface area contributed by atoms with E-state index < -0.39 is 11.9 Å². The number of nitrogens with one attached hydrogen (secondary N) is 2. The number of aliphatic hydroxyl groups is 1. The molecule has 0 spiro atoms. The van der Waals surface area contributed by atoms with Crippen LogP contribution in [-0.4, -0.2) is 55.0 Å². The maximum absolute atomic E-state index is 12.2. The smallest absolute Gasteiger partial charge is 0.240 e. The molecular formula is C20H42N4O4. The van der Waals surface area contributed by atoms with E-state index >= 15 is 0 Å². The molecule has 1 rings (SSSR count). The standard InChI is InChI=1S/C16H30N4O3.C2H6O.C2H6/c1-11(21)14(9-18)20-15(22)10-19-16(23)13(8-17)7-12-5-3-2-4-6-12;1-2-3;1-2/h12-14H,2-10,17-18H2,1H3,(H,19,23)(H,20,22);3H,2H2,1H3;1-2H3. The first kappa shape index (κ1) is 28.7. The fourth-order valence-electron chi connectivity index (χ4n) is 3.02. The Hall–Kier alpha value is -1.51. The number of nitrogens with two attached hydrogens (primary N) is 2. The molecule has 1 fully saturated rings. The van der Waals surface area contributed by atoms with Crippen molar-refractivity contribution in [3.63, 3.8) is 0 Å². The summed E-state index contributed by atoms with van der Waals surface area (Å²) in [6.07, 6.45) is 6.80. The van der Waals surface area contributed by atoms with Gasteiger partial charge < -0.3 is 27.2 Å². The molecule has 2 atom stereocenters. The Morgan fingerprint density at radius 2 is 1.61 bits per heavy atom. The van der Waals surface area contributed by atoms with Gasteiger partial charge in [-0.2, -0.15) is 0 Å². The number of rotatable bonds is 9. The molecule has 2 unspecified atom stereocenters. The average Bonchev–Trinajstić information content (AvgIpc) is 2.71. The Kier molecular flexibility index (Phi) is 19.3. The van der Waals surface area contributed by atoms with Gasteiger partial charge in [0.2, 0.25) is 11.8 Å². The summed E-state index contributed by atoms with van der Waals surface area (Å²) in [5.41, 5.74) is 11.1. The van der Waals surface area contributed by atoms with Crippen LogP contribution in [0.4, 0.5) is 0 Å². The summed E-state index contributed by atoms with van der Waals surface area (Å²) in [5, 5.41) is 12.7. The van der Waals surface area contributed by atoms with Crippen molar-refractivity contribution in [3.05, 3.63) is 0 Å². The number of carbonyl (C=O) groups excluding carboxylic acids is 3. The first-order chi connectivity index (χ1) is 13.4. The zero-order valence-electron chi connectivity index (χ0n) is 18.1. The number of hydrogen-bond donors (Lipinski definition) is 5. The molecule has 2 amide bonds. The summed E-state index contributed by atoms with van der Waals surface area (Å²) in [6, 6.07) is -0.702. The van der Waals surface area contributed by atoms with Crippen molar-refractivity contribution in [1.29, 1.82) is 0 Å². The van der Waals surface area contributed by atoms with Gasteiger partial charge in [-0.3, -0.25) is 14.4 Å². The summed E-state index contributed by atoms with van der Waals surface area (Å²) in [5.74, 6) is -0.526. The highest BCUT2D eigenvalue weighted by atomic mass is 16.2. The molecule has 0 aromatic carbocycles. The second-order valence-corrected chi connectivity index (χ2v) is 6.67. The highest BCUT2D eigenvalue weighted by Gasteiger charge is 2.24. The normalized spacial score (nSPS) is 15.7. The van der Waals surface area contributed by atoms with Crippen molar-refractivity contribution in [2.45, 2.75) is 72.3 Å². The summed E-state index contributed by atoms with van der Waals surface area (Å²) >= 11 is 0. The molecule has 0 saturated heterocycles. The molecule has 0 aromatic heterocycles. The van der Waals surface area contributed by atoms with Gasteiger partial charge in [-0.05, 0) is 26.2 Å². The van der Waals surface area contributed by atoms with Gasteiger partial charge in [0.1, 0.15) is 0 Å². The van der Waals surface area contributed by atoms with Gasteiger partial charge in [-0.1, -0.05) is 46.0 Å². The van der Waals surface area contributed by atoms with Gasteiger partial charge in [0.15, 0.2) is 5.78 Å². The van der Waals surface area contributed by atoms with Gasteiger partial charge in [0.25, 0.3) is 0 Å². The number of amides is 2. The lowest BCUT2D eigenvalue weighted by molar-refractivity contribution is -0.130. The molecule has 1 aliphatic rings. The highest BCUT2D eigenvalue weighted by Crippen LogP contribution is 2.28. The minimum Gasteiger partial charge on any atom is -0.397 e. The van der Waals surface area contributed by atoms with E-state index in [0.29, 0.717) is 5.92 Å². The first-order valence-electron chi connectivity index (χ1n) is 10.5. The van der Waals surface area contributed by atoms with Gasteiger partial charge in [-0.25, -0.2) is 0 Å². The van der Waals surface area contributed by atoms with Crippen LogP contribution in [0.3, 0.4) is 0 Å². The molecule has 7 N–H and O–H groups in total. The van der Waals surface area contributed by atoms with Crippen molar-refractivity contribution in [1.82, 2.24) is 10.6 Å². The Bertz CT molecular complexity index is 426. The van der Waals surface area contributed by atoms with Gasteiger partial charge in [0.05, 0.1) is 18.5 Å². The quantitative estimate of drug-likeness (QED) is 0.383. The zero-order chi connectivity index (χ0) is 21.9. The number of aliphatic hydroxyl groups excluding tert-OH is 1. The van der Waals surface area contributed by atoms with Crippen LogP contribution in [0.5, 0.6) is 0 Å². The second-order valence-electron chi connectivity index (χ2n) is 6.67. The largest absolute Gasteiger partial charge is 0.397 e. The van der Waals surface area contributed by atoms with E-state index in [4.69, 9.17) is 16.6 Å². The summed E-state index contributed by atoms with van der Waals surface area (Å²) in [6.45, 7) is 7.46. The van der Waals surface area contributed by atoms with Crippen LogP contribution in [0.15, 0.2) is 0 Å². The van der Waals surface area contributed by atoms with Gasteiger partial charge in [0, 0.05) is 19.7 Å². The Morgan fingerprint density at radius 1 is 1.07 bits per heavy atom. The van der Waals surface area contributed by atoms with E-state index in [1.807, 2.05) is 13.8 Å². The van der Waals surface area contributed by atoms with Crippen LogP contribution in [0.25, 0.3) is 0 Å². The molecule has 1 saturated carbocycles. The average molecular weight is 403 g/mol. The maximum atomic E-state index is 12.2. The summed E-state index contributed by atoms with van der Waals surface area (Å²) in [4.78, 5) is 35.2. The van der Waals surface area contributed by atoms with Crippen molar-refractivity contribution >= 4 is 17.6 Å². The molecule has 28 heavy (non-hydrogen) atoms. The third-order valence-corrected chi connectivity index (χ3v) is 4.48. The predicted molar refractivity (Wildman–Crippen MR) is 113 cm³/mol. The minimum atomic E-state index is -0.702. The Balaban J connectivity index is 0. The molecule has 0 aromatic rings. The fraction of sp³-hybridized carbons (Fsp3) is 0.850. The lowest BCUT2D eigenvalue weighted by atomic mass is 9.82. The number of Topliss-reactive ketones (excluding diaryl/α,β-unsaturated/α-hetero) is 1. The minimum absolute atomic E-state index is 0.0438. The number of carbonyl (C=O) groups is 3. The number of hydrogen-bond acceptors (Lipinski definition) is 6. The topological polar surface area (TPSA) is 148 Å². The maximum Gasteiger partial charge on any atom is 0.240 e. The lowest BCUT2D eigenvalue weighted by Crippen LogP contribution is -2.49. The van der Waals surface area contributed by atoms with E-state index in [0.717, 1.165) is 19.3 Å². The molecule has 1 aliphatic carbocycles. The molecule has 8 heteroatoms. The van der Waals surface area contributed by atoms with E-state index in [-0.39, 0.29) is 43.8 Å². The van der Waals surface area contributed by atoms with Crippen molar-refractivity contribution in [3.8, 4) is 0 Å². The van der Waals surface area contributed by atoms with Crippen LogP contribution in [-0.2, 0) is 14.4 Å². The third kappa shape index (κ3) is 13.6. The van der Waals surface area contributed by atoms with Crippen molar-refractivity contribution < 1.29 is 19.5 Å². The van der Waals surface area contributed by atoms with E-state index in [9.17, 15) is 14.4 Å². The fourth-order valence-corrected chi connectivity index (χ4v) is 3.02. The molecule has 0 heterocycles. The monoisotopic (exact) mass is 402 g/mol. The Morgan fingerprint density at radius 3 is 2.04 bits per heavy atom. The molecule has 0 radical (unpaired) electrons. The van der Waals surface area contributed by atoms with Crippen LogP contribution in [0, 0.1) is 11.8 Å². The highest BCUT2D eigenvalue weighted by molar-refractivity contribution is 5.90. The van der Waals surface area contributed by atoms with E-state index in [1.165, 1.54) is 26.2 Å². The van der Waals surface area contributed by atoms with Crippen LogP contribution in [0.1, 0.15) is 66.2 Å². The van der Waals surface area contributed by atoms with Crippen LogP contribution >= 0.6 is 0 Å². The molecule has 8 nitrogen and oxygen atoms in total. The molecule has 0 bridgehead atoms. The van der Waals surface area contributed by atoms with Crippen LogP contribution in [0.2, 0.25) is 0 Å². The lowest BCUT2D eigenvalue weighted by Gasteiger charge is -2.25. The molecule has 0 aliphatic heterocycles. The second kappa shape index (κ2) is 18.8. The van der Waals surface area contributed by atoms with E-state index in [1.54, 1.807) is 6.92 Å². The first-order valence-corrected chi connectivity index (χ1v) is 10.5. The summed E-state index contributed by atoms with van der Waals surface area (Å²) < 4.78 is 0. The predicted octanol–water partition coefficient (Wildman–Crippen LogP) is 0.705.